The zero-order valence-corrected chi connectivity index (χ0v) is 48.1. The maximum absolute atomic E-state index is 12.0. The van der Waals surface area contributed by atoms with E-state index >= 15 is 0 Å². The number of rotatable bonds is 56. The smallest absolute Gasteiger partial charge is 0.306 e. The molecule has 0 amide bonds. The minimum Gasteiger partial charge on any atom is -0.462 e. The van der Waals surface area contributed by atoms with E-state index in [0.717, 1.165) is 77.0 Å². The van der Waals surface area contributed by atoms with Crippen LogP contribution in [0.4, 0.5) is 0 Å². The average Bonchev–Trinajstić information content (AvgIpc) is 3.38. The number of hydrogen-bond donors (Lipinski definition) is 2. The Kier molecular flexibility index (Phi) is 61.2. The minimum absolute atomic E-state index is 0.0582. The van der Waals surface area contributed by atoms with Gasteiger partial charge in [0.2, 0.25) is 0 Å². The van der Waals surface area contributed by atoms with Crippen molar-refractivity contribution < 1.29 is 48.3 Å². The van der Waals surface area contributed by atoms with Gasteiger partial charge < -0.3 is 29.2 Å². The molecule has 0 aromatic carbocycles. The topological polar surface area (TPSA) is 146 Å². The van der Waals surface area contributed by atoms with Crippen molar-refractivity contribution in [2.45, 2.75) is 348 Å². The van der Waals surface area contributed by atoms with Gasteiger partial charge >= 0.3 is 23.9 Å². The third-order valence-electron chi connectivity index (χ3n) is 13.8. The van der Waals surface area contributed by atoms with Crippen molar-refractivity contribution in [3.8, 4) is 0 Å². The van der Waals surface area contributed by atoms with Gasteiger partial charge in [-0.05, 0) is 25.7 Å². The summed E-state index contributed by atoms with van der Waals surface area (Å²) < 4.78 is 21.0. The van der Waals surface area contributed by atoms with E-state index in [1.54, 1.807) is 0 Å². The molecule has 0 aromatic heterocycles. The van der Waals surface area contributed by atoms with Crippen molar-refractivity contribution in [1.82, 2.24) is 0 Å². The Balaban J connectivity index is 0. The van der Waals surface area contributed by atoms with Crippen molar-refractivity contribution in [2.24, 2.45) is 0 Å². The maximum atomic E-state index is 12.0. The Morgan fingerprint density at radius 3 is 0.611 bits per heavy atom. The molecule has 0 aliphatic rings. The third kappa shape index (κ3) is 58.7. The second-order valence-electron chi connectivity index (χ2n) is 21.1. The summed E-state index contributed by atoms with van der Waals surface area (Å²) in [6.45, 7) is 8.22. The SMILES string of the molecule is CCCCCCCCCCCCCC(=O)OCC(CO)OC(=O)CCCCCCCCCCCCC.CCCCCCCCCCCCCC(=O)OCC(CO)OC(=O)CCCCCCCCCCCCC. The summed E-state index contributed by atoms with van der Waals surface area (Å²) in [5, 5.41) is 18.9. The number of ether oxygens (including phenoxy) is 4. The highest BCUT2D eigenvalue weighted by molar-refractivity contribution is 5.71. The van der Waals surface area contributed by atoms with E-state index in [4.69, 9.17) is 18.9 Å². The fourth-order valence-corrected chi connectivity index (χ4v) is 8.99. The minimum atomic E-state index is -0.758. The van der Waals surface area contributed by atoms with Crippen molar-refractivity contribution in [3.05, 3.63) is 0 Å². The van der Waals surface area contributed by atoms with Crippen LogP contribution in [0.2, 0.25) is 0 Å². The third-order valence-corrected chi connectivity index (χ3v) is 13.8. The molecule has 2 N–H and O–H groups in total. The number of aliphatic hydroxyl groups excluding tert-OH is 2. The molecule has 0 fully saturated rings. The largest absolute Gasteiger partial charge is 0.462 e. The van der Waals surface area contributed by atoms with Gasteiger partial charge in [0.05, 0.1) is 13.2 Å². The molecule has 10 nitrogen and oxygen atoms in total. The summed E-state index contributed by atoms with van der Waals surface area (Å²) in [6.07, 6.45) is 54.4. The van der Waals surface area contributed by atoms with Crippen LogP contribution in [-0.2, 0) is 38.1 Å². The van der Waals surface area contributed by atoms with Gasteiger partial charge in [0.15, 0.2) is 12.2 Å². The molecule has 0 aliphatic heterocycles. The van der Waals surface area contributed by atoms with E-state index in [1.807, 2.05) is 0 Å². The Morgan fingerprint density at radius 2 is 0.431 bits per heavy atom. The van der Waals surface area contributed by atoms with Gasteiger partial charge in [-0.15, -0.1) is 0 Å². The zero-order chi connectivity index (χ0) is 53.1. The number of unbranched alkanes of at least 4 members (excludes halogenated alkanes) is 40. The zero-order valence-electron chi connectivity index (χ0n) is 48.1. The van der Waals surface area contributed by atoms with Crippen LogP contribution in [0.5, 0.6) is 0 Å². The fraction of sp³-hybridized carbons (Fsp3) is 0.935. The maximum Gasteiger partial charge on any atom is 0.306 e. The quantitative estimate of drug-likeness (QED) is 0.0343. The summed E-state index contributed by atoms with van der Waals surface area (Å²) in [5.74, 6) is -1.17. The molecule has 0 aliphatic carbocycles. The molecule has 0 radical (unpaired) electrons. The van der Waals surface area contributed by atoms with Crippen LogP contribution in [-0.4, -0.2) is 72.7 Å². The summed E-state index contributed by atoms with van der Waals surface area (Å²) in [5.41, 5.74) is 0. The number of carbonyl (C=O) groups is 4. The molecule has 428 valence electrons. The predicted molar refractivity (Wildman–Crippen MR) is 300 cm³/mol. The molecule has 0 aromatic rings. The van der Waals surface area contributed by atoms with Crippen LogP contribution in [0, 0.1) is 0 Å². The normalized spacial score (nSPS) is 12.0. The molecule has 0 spiro atoms. The molecule has 0 heterocycles. The van der Waals surface area contributed by atoms with Crippen LogP contribution in [0.3, 0.4) is 0 Å². The first kappa shape index (κ1) is 71.9. The van der Waals surface area contributed by atoms with Gasteiger partial charge in [-0.3, -0.25) is 19.2 Å². The average molecular weight is 1030 g/mol. The van der Waals surface area contributed by atoms with E-state index in [1.165, 1.54) is 205 Å². The molecule has 2 atom stereocenters. The van der Waals surface area contributed by atoms with Gasteiger partial charge in [-0.1, -0.05) is 285 Å². The molecule has 2 unspecified atom stereocenters. The van der Waals surface area contributed by atoms with Crippen LogP contribution >= 0.6 is 0 Å². The standard InChI is InChI=1S/2C31H60O5/c2*1-3-5-7-9-11-13-15-17-19-21-23-25-30(33)35-28-29(27-32)36-31(34)26-24-22-20-18-16-14-12-10-8-6-4-2/h2*29,32H,3-28H2,1-2H3. The van der Waals surface area contributed by atoms with E-state index < -0.39 is 12.2 Å². The number of hydrogen-bond acceptors (Lipinski definition) is 10. The number of carbonyl (C=O) groups excluding carboxylic acids is 4. The van der Waals surface area contributed by atoms with Crippen LogP contribution in [0.25, 0.3) is 0 Å². The molecular formula is C62H120O10. The van der Waals surface area contributed by atoms with Crippen molar-refractivity contribution in [1.29, 1.82) is 0 Å². The lowest BCUT2D eigenvalue weighted by Gasteiger charge is -2.15. The predicted octanol–water partition coefficient (Wildman–Crippen LogP) is 17.7. The molecular weight excluding hydrogens is 905 g/mol. The first-order valence-electron chi connectivity index (χ1n) is 31.2. The van der Waals surface area contributed by atoms with E-state index in [2.05, 4.69) is 27.7 Å². The second kappa shape index (κ2) is 61.3. The van der Waals surface area contributed by atoms with Gasteiger partial charge in [0.25, 0.3) is 0 Å². The van der Waals surface area contributed by atoms with Crippen LogP contribution in [0.1, 0.15) is 336 Å². The van der Waals surface area contributed by atoms with Crippen molar-refractivity contribution in [3.63, 3.8) is 0 Å². The van der Waals surface area contributed by atoms with Gasteiger partial charge in [-0.2, -0.15) is 0 Å². The number of esters is 4. The van der Waals surface area contributed by atoms with Crippen LogP contribution in [0.15, 0.2) is 0 Å². The van der Waals surface area contributed by atoms with Crippen LogP contribution < -0.4 is 0 Å². The Morgan fingerprint density at radius 1 is 0.264 bits per heavy atom. The molecule has 0 saturated carbocycles. The van der Waals surface area contributed by atoms with Gasteiger partial charge in [-0.25, -0.2) is 0 Å². The fourth-order valence-electron chi connectivity index (χ4n) is 8.99. The Labute approximate surface area is 445 Å². The van der Waals surface area contributed by atoms with Gasteiger partial charge in [0, 0.05) is 25.7 Å². The monoisotopic (exact) mass is 1020 g/mol. The highest BCUT2D eigenvalue weighted by Gasteiger charge is 2.17. The van der Waals surface area contributed by atoms with E-state index in [9.17, 15) is 29.4 Å². The highest BCUT2D eigenvalue weighted by Crippen LogP contribution is 2.17. The van der Waals surface area contributed by atoms with E-state index in [-0.39, 0.29) is 50.3 Å². The molecule has 0 saturated heterocycles. The summed E-state index contributed by atoms with van der Waals surface area (Å²) >= 11 is 0. The molecule has 10 heteroatoms. The molecule has 72 heavy (non-hydrogen) atoms. The lowest BCUT2D eigenvalue weighted by molar-refractivity contribution is -0.161. The van der Waals surface area contributed by atoms with Crippen molar-refractivity contribution in [2.75, 3.05) is 26.4 Å². The summed E-state index contributed by atoms with van der Waals surface area (Å²) in [7, 11) is 0. The highest BCUT2D eigenvalue weighted by atomic mass is 16.6. The second-order valence-corrected chi connectivity index (χ2v) is 21.1. The molecule has 0 bridgehead atoms. The van der Waals surface area contributed by atoms with Crippen molar-refractivity contribution >= 4 is 23.9 Å². The first-order valence-corrected chi connectivity index (χ1v) is 31.2. The number of aliphatic hydroxyl groups is 2. The molecule has 0 rings (SSSR count). The van der Waals surface area contributed by atoms with Gasteiger partial charge in [0.1, 0.15) is 13.2 Å². The van der Waals surface area contributed by atoms with E-state index in [0.29, 0.717) is 25.7 Å². The first-order chi connectivity index (χ1) is 35.3. The summed E-state index contributed by atoms with van der Waals surface area (Å²) in [4.78, 5) is 48.0. The lowest BCUT2D eigenvalue weighted by atomic mass is 10.1. The Hall–Kier alpha value is -2.20. The summed E-state index contributed by atoms with van der Waals surface area (Å²) in [6, 6.07) is 0. The lowest BCUT2D eigenvalue weighted by Crippen LogP contribution is -2.28. The Bertz CT molecular complexity index is 1050.